The predicted octanol–water partition coefficient (Wildman–Crippen LogP) is 3.59. The SMILES string of the molecule is C/C(=C/c1cccn1C)c1ccccc1. The lowest BCUT2D eigenvalue weighted by molar-refractivity contribution is 0.915. The normalized spacial score (nSPS) is 11.7. The number of aryl methyl sites for hydroxylation is 1. The van der Waals surface area contributed by atoms with Crippen molar-refractivity contribution in [3.8, 4) is 0 Å². The van der Waals surface area contributed by atoms with Crippen molar-refractivity contribution in [2.45, 2.75) is 6.92 Å². The maximum Gasteiger partial charge on any atom is 0.0406 e. The quantitative estimate of drug-likeness (QED) is 0.693. The highest BCUT2D eigenvalue weighted by Crippen LogP contribution is 2.16. The van der Waals surface area contributed by atoms with Gasteiger partial charge in [0.05, 0.1) is 0 Å². The molecule has 1 heteroatoms. The first kappa shape index (κ1) is 9.78. The van der Waals surface area contributed by atoms with E-state index < -0.39 is 0 Å². The maximum absolute atomic E-state index is 2.20. The fourth-order valence-electron chi connectivity index (χ4n) is 1.63. The van der Waals surface area contributed by atoms with Gasteiger partial charge in [0.2, 0.25) is 0 Å². The zero-order valence-electron chi connectivity index (χ0n) is 9.14. The van der Waals surface area contributed by atoms with Crippen molar-refractivity contribution < 1.29 is 0 Å². The van der Waals surface area contributed by atoms with Crippen LogP contribution >= 0.6 is 0 Å². The third-order valence-electron chi connectivity index (χ3n) is 2.58. The van der Waals surface area contributed by atoms with Crippen molar-refractivity contribution >= 4 is 11.6 Å². The first-order chi connectivity index (χ1) is 7.27. The summed E-state index contributed by atoms with van der Waals surface area (Å²) in [4.78, 5) is 0. The minimum absolute atomic E-state index is 1.23. The highest BCUT2D eigenvalue weighted by atomic mass is 14.9. The Bertz CT molecular complexity index is 463. The molecule has 0 radical (unpaired) electrons. The van der Waals surface area contributed by atoms with Gasteiger partial charge in [-0.2, -0.15) is 0 Å². The Balaban J connectivity index is 2.33. The summed E-state index contributed by atoms with van der Waals surface area (Å²) in [5.74, 6) is 0. The van der Waals surface area contributed by atoms with Crippen molar-refractivity contribution in [3.63, 3.8) is 0 Å². The van der Waals surface area contributed by atoms with Crippen molar-refractivity contribution in [1.29, 1.82) is 0 Å². The third-order valence-corrected chi connectivity index (χ3v) is 2.58. The molecule has 0 bridgehead atoms. The lowest BCUT2D eigenvalue weighted by Gasteiger charge is -2.02. The van der Waals surface area contributed by atoms with Gasteiger partial charge in [-0.3, -0.25) is 0 Å². The Morgan fingerprint density at radius 3 is 2.40 bits per heavy atom. The average molecular weight is 197 g/mol. The van der Waals surface area contributed by atoms with E-state index >= 15 is 0 Å². The van der Waals surface area contributed by atoms with E-state index in [0.717, 1.165) is 0 Å². The second-order valence-corrected chi connectivity index (χ2v) is 3.74. The topological polar surface area (TPSA) is 4.93 Å². The Labute approximate surface area is 90.7 Å². The molecule has 0 aliphatic carbocycles. The van der Waals surface area contributed by atoms with Gasteiger partial charge in [-0.25, -0.2) is 0 Å². The zero-order valence-corrected chi connectivity index (χ0v) is 9.14. The molecular weight excluding hydrogens is 182 g/mol. The molecule has 1 aromatic carbocycles. The summed E-state index contributed by atoms with van der Waals surface area (Å²) in [6.07, 6.45) is 4.26. The smallest absolute Gasteiger partial charge is 0.0406 e. The van der Waals surface area contributed by atoms with Crippen LogP contribution in [-0.4, -0.2) is 4.57 Å². The van der Waals surface area contributed by atoms with Gasteiger partial charge in [0.1, 0.15) is 0 Å². The van der Waals surface area contributed by atoms with Gasteiger partial charge in [-0.1, -0.05) is 30.3 Å². The van der Waals surface area contributed by atoms with Crippen molar-refractivity contribution in [2.24, 2.45) is 7.05 Å². The second-order valence-electron chi connectivity index (χ2n) is 3.74. The average Bonchev–Trinajstić information content (AvgIpc) is 2.66. The molecule has 0 saturated carbocycles. The van der Waals surface area contributed by atoms with E-state index in [1.165, 1.54) is 16.8 Å². The van der Waals surface area contributed by atoms with Crippen LogP contribution in [0.3, 0.4) is 0 Å². The molecule has 0 unspecified atom stereocenters. The van der Waals surface area contributed by atoms with E-state index in [1.54, 1.807) is 0 Å². The molecule has 15 heavy (non-hydrogen) atoms. The number of allylic oxidation sites excluding steroid dienone is 1. The van der Waals surface area contributed by atoms with Gasteiger partial charge in [0.15, 0.2) is 0 Å². The van der Waals surface area contributed by atoms with Gasteiger partial charge in [-0.15, -0.1) is 0 Å². The molecule has 1 nitrogen and oxygen atoms in total. The van der Waals surface area contributed by atoms with Crippen LogP contribution in [0.5, 0.6) is 0 Å². The van der Waals surface area contributed by atoms with E-state index in [9.17, 15) is 0 Å². The number of benzene rings is 1. The molecule has 0 fully saturated rings. The molecule has 0 atom stereocenters. The minimum Gasteiger partial charge on any atom is -0.351 e. The number of rotatable bonds is 2. The van der Waals surface area contributed by atoms with Gasteiger partial charge < -0.3 is 4.57 Å². The van der Waals surface area contributed by atoms with E-state index in [1.807, 2.05) is 6.07 Å². The molecule has 1 aromatic heterocycles. The summed E-state index contributed by atoms with van der Waals surface area (Å²) >= 11 is 0. The summed E-state index contributed by atoms with van der Waals surface area (Å²) in [5, 5.41) is 0. The van der Waals surface area contributed by atoms with Gasteiger partial charge >= 0.3 is 0 Å². The zero-order chi connectivity index (χ0) is 10.7. The molecule has 2 rings (SSSR count). The first-order valence-electron chi connectivity index (χ1n) is 5.12. The monoisotopic (exact) mass is 197 g/mol. The van der Waals surface area contributed by atoms with Crippen molar-refractivity contribution in [1.82, 2.24) is 4.57 Å². The summed E-state index contributed by atoms with van der Waals surface area (Å²) in [7, 11) is 2.06. The largest absolute Gasteiger partial charge is 0.351 e. The number of nitrogens with zero attached hydrogens (tertiary/aromatic N) is 1. The van der Waals surface area contributed by atoms with Crippen LogP contribution in [-0.2, 0) is 7.05 Å². The van der Waals surface area contributed by atoms with Crippen LogP contribution in [0.15, 0.2) is 48.7 Å². The Morgan fingerprint density at radius 2 is 1.80 bits per heavy atom. The van der Waals surface area contributed by atoms with E-state index in [0.29, 0.717) is 0 Å². The third kappa shape index (κ3) is 2.18. The van der Waals surface area contributed by atoms with E-state index in [-0.39, 0.29) is 0 Å². The fourth-order valence-corrected chi connectivity index (χ4v) is 1.63. The molecule has 1 heterocycles. The second kappa shape index (κ2) is 4.18. The fraction of sp³-hybridized carbons (Fsp3) is 0.143. The molecule has 76 valence electrons. The highest BCUT2D eigenvalue weighted by molar-refractivity contribution is 5.79. The van der Waals surface area contributed by atoms with Crippen LogP contribution in [0.2, 0.25) is 0 Å². The predicted molar refractivity (Wildman–Crippen MR) is 65.4 cm³/mol. The number of aromatic nitrogens is 1. The Hall–Kier alpha value is -1.76. The standard InChI is InChI=1S/C14H15N/c1-12(13-7-4-3-5-8-13)11-14-9-6-10-15(14)2/h3-11H,1-2H3/b12-11-. The molecule has 0 N–H and O–H groups in total. The molecular formula is C14H15N. The van der Waals surface area contributed by atoms with Crippen LogP contribution in [0, 0.1) is 0 Å². The number of hydrogen-bond acceptors (Lipinski definition) is 0. The van der Waals surface area contributed by atoms with Crippen molar-refractivity contribution in [2.75, 3.05) is 0 Å². The lowest BCUT2D eigenvalue weighted by Crippen LogP contribution is -1.88. The number of hydrogen-bond donors (Lipinski definition) is 0. The summed E-state index contributed by atoms with van der Waals surface area (Å²) in [6.45, 7) is 2.14. The van der Waals surface area contributed by atoms with Gasteiger partial charge in [0, 0.05) is 18.9 Å². The van der Waals surface area contributed by atoms with Gasteiger partial charge in [-0.05, 0) is 36.3 Å². The molecule has 0 spiro atoms. The lowest BCUT2D eigenvalue weighted by atomic mass is 10.1. The summed E-state index contributed by atoms with van der Waals surface area (Å²) < 4.78 is 2.12. The molecule has 0 aliphatic heterocycles. The molecule has 0 amide bonds. The summed E-state index contributed by atoms with van der Waals surface area (Å²) in [5.41, 5.74) is 3.80. The van der Waals surface area contributed by atoms with Crippen LogP contribution in [0.25, 0.3) is 11.6 Å². The molecule has 0 saturated heterocycles. The Kier molecular flexibility index (Phi) is 2.72. The highest BCUT2D eigenvalue weighted by Gasteiger charge is 1.96. The molecule has 0 aliphatic rings. The van der Waals surface area contributed by atoms with Crippen LogP contribution in [0.4, 0.5) is 0 Å². The van der Waals surface area contributed by atoms with Gasteiger partial charge in [0.25, 0.3) is 0 Å². The van der Waals surface area contributed by atoms with E-state index in [4.69, 9.17) is 0 Å². The van der Waals surface area contributed by atoms with Crippen LogP contribution < -0.4 is 0 Å². The van der Waals surface area contributed by atoms with E-state index in [2.05, 4.69) is 67.2 Å². The van der Waals surface area contributed by atoms with Crippen molar-refractivity contribution in [3.05, 3.63) is 59.9 Å². The summed E-state index contributed by atoms with van der Waals surface area (Å²) in [6, 6.07) is 14.6. The first-order valence-corrected chi connectivity index (χ1v) is 5.12. The molecule has 2 aromatic rings. The minimum atomic E-state index is 1.23. The maximum atomic E-state index is 2.20. The Morgan fingerprint density at radius 1 is 1.07 bits per heavy atom. The van der Waals surface area contributed by atoms with Crippen LogP contribution in [0.1, 0.15) is 18.2 Å².